The molecule has 0 unspecified atom stereocenters. The molecule has 0 spiro atoms. The number of rotatable bonds is 4. The summed E-state index contributed by atoms with van der Waals surface area (Å²) in [5.41, 5.74) is 0. The van der Waals surface area contributed by atoms with Crippen molar-refractivity contribution in [3.05, 3.63) is 16.2 Å². The van der Waals surface area contributed by atoms with E-state index >= 15 is 0 Å². The fourth-order valence-corrected chi connectivity index (χ4v) is 4.43. The minimum Gasteiger partial charge on any atom is -0.368 e. The largest absolute Gasteiger partial charge is 0.368 e. The maximum Gasteiger partial charge on any atom is 0.225 e. The third kappa shape index (κ3) is 2.56. The van der Waals surface area contributed by atoms with E-state index in [2.05, 4.69) is 34.5 Å². The maximum atomic E-state index is 6.00. The lowest BCUT2D eigenvalue weighted by atomic mass is 9.84. The van der Waals surface area contributed by atoms with E-state index in [4.69, 9.17) is 11.6 Å². The van der Waals surface area contributed by atoms with Gasteiger partial charge in [-0.15, -0.1) is 11.3 Å². The highest BCUT2D eigenvalue weighted by atomic mass is 35.5. The topological polar surface area (TPSA) is 37.8 Å². The maximum absolute atomic E-state index is 6.00. The first-order valence-electron chi connectivity index (χ1n) is 6.35. The van der Waals surface area contributed by atoms with Crippen molar-refractivity contribution in [3.8, 4) is 0 Å². The van der Waals surface area contributed by atoms with E-state index in [-0.39, 0.29) is 0 Å². The number of thioether (sulfide) groups is 1. The minimum atomic E-state index is 0.323. The van der Waals surface area contributed by atoms with Crippen LogP contribution in [0.3, 0.4) is 0 Å². The molecule has 2 aromatic rings. The molecule has 1 aliphatic rings. The first kappa shape index (κ1) is 13.5. The van der Waals surface area contributed by atoms with Crippen LogP contribution >= 0.6 is 34.7 Å². The normalized spacial score (nSPS) is 17.4. The van der Waals surface area contributed by atoms with Gasteiger partial charge in [0.2, 0.25) is 5.28 Å². The van der Waals surface area contributed by atoms with E-state index < -0.39 is 0 Å². The second-order valence-electron chi connectivity index (χ2n) is 5.01. The zero-order valence-corrected chi connectivity index (χ0v) is 13.4. The summed E-state index contributed by atoms with van der Waals surface area (Å²) >= 11 is 9.62. The van der Waals surface area contributed by atoms with Crippen molar-refractivity contribution >= 4 is 50.7 Å². The van der Waals surface area contributed by atoms with E-state index in [0.29, 0.717) is 10.0 Å². The molecule has 1 saturated carbocycles. The van der Waals surface area contributed by atoms with Gasteiger partial charge in [-0.3, -0.25) is 0 Å². The van der Waals surface area contributed by atoms with Crippen molar-refractivity contribution < 1.29 is 0 Å². The number of aromatic nitrogens is 2. The highest BCUT2D eigenvalue weighted by molar-refractivity contribution is 8.00. The molecule has 0 radical (unpaired) electrons. The van der Waals surface area contributed by atoms with Crippen LogP contribution in [0.5, 0.6) is 0 Å². The molecule has 6 heteroatoms. The molecule has 0 saturated heterocycles. The molecule has 0 aromatic carbocycles. The first-order valence-corrected chi connectivity index (χ1v) is 8.76. The summed E-state index contributed by atoms with van der Waals surface area (Å²) in [6.45, 7) is 3.03. The fraction of sp³-hybridized carbons (Fsp3) is 0.538. The fourth-order valence-electron chi connectivity index (χ4n) is 2.42. The monoisotopic (exact) mass is 313 g/mol. The molecule has 3 rings (SSSR count). The van der Waals surface area contributed by atoms with E-state index in [9.17, 15) is 0 Å². The molecule has 1 aliphatic carbocycles. The van der Waals surface area contributed by atoms with Gasteiger partial charge in [0.15, 0.2) is 0 Å². The van der Waals surface area contributed by atoms with Crippen LogP contribution in [0.1, 0.15) is 24.1 Å². The highest BCUT2D eigenvalue weighted by Crippen LogP contribution is 2.43. The molecule has 2 aromatic heterocycles. The molecule has 0 aliphatic heterocycles. The number of anilines is 1. The number of nitrogens with one attached hydrogen (secondary N) is 1. The Kier molecular flexibility index (Phi) is 3.62. The summed E-state index contributed by atoms with van der Waals surface area (Å²) in [6, 6.07) is 2.13. The summed E-state index contributed by atoms with van der Waals surface area (Å²) in [4.78, 5) is 10.8. The minimum absolute atomic E-state index is 0.323. The van der Waals surface area contributed by atoms with Crippen molar-refractivity contribution in [2.24, 2.45) is 0 Å². The Labute approximate surface area is 126 Å². The van der Waals surface area contributed by atoms with E-state index in [1.165, 1.54) is 24.1 Å². The number of thiophene rings is 1. The molecule has 3 nitrogen and oxygen atoms in total. The van der Waals surface area contributed by atoms with Crippen LogP contribution in [-0.4, -0.2) is 27.5 Å². The summed E-state index contributed by atoms with van der Waals surface area (Å²) in [7, 11) is 0. The van der Waals surface area contributed by atoms with Gasteiger partial charge in [-0.2, -0.15) is 11.8 Å². The lowest BCUT2D eigenvalue weighted by Gasteiger charge is -2.40. The van der Waals surface area contributed by atoms with Gasteiger partial charge in [-0.1, -0.05) is 6.42 Å². The summed E-state index contributed by atoms with van der Waals surface area (Å²) in [5.74, 6) is 0.875. The smallest absolute Gasteiger partial charge is 0.225 e. The Bertz CT molecular complexity index is 602. The molecule has 0 atom stereocenters. The molecule has 2 heterocycles. The summed E-state index contributed by atoms with van der Waals surface area (Å²) < 4.78 is 0.384. The molecule has 0 amide bonds. The first-order chi connectivity index (χ1) is 9.12. The van der Waals surface area contributed by atoms with Crippen molar-refractivity contribution in [2.75, 3.05) is 18.1 Å². The number of halogens is 1. The Morgan fingerprint density at radius 1 is 1.47 bits per heavy atom. The number of aryl methyl sites for hydroxylation is 1. The Morgan fingerprint density at radius 2 is 2.26 bits per heavy atom. The zero-order chi connectivity index (χ0) is 13.5. The Balaban J connectivity index is 1.87. The number of hydrogen-bond acceptors (Lipinski definition) is 5. The van der Waals surface area contributed by atoms with Crippen LogP contribution < -0.4 is 5.32 Å². The van der Waals surface area contributed by atoms with Gasteiger partial charge in [-0.25, -0.2) is 9.97 Å². The van der Waals surface area contributed by atoms with Gasteiger partial charge >= 0.3 is 0 Å². The van der Waals surface area contributed by atoms with Crippen molar-refractivity contribution in [3.63, 3.8) is 0 Å². The molecular weight excluding hydrogens is 298 g/mol. The lowest BCUT2D eigenvalue weighted by Crippen LogP contribution is -2.40. The SMILES string of the molecule is CSC1(CNc2nc(Cl)nc3sc(C)cc23)CCC1. The van der Waals surface area contributed by atoms with Crippen LogP contribution in [0.25, 0.3) is 10.2 Å². The van der Waals surface area contributed by atoms with Crippen molar-refractivity contribution in [1.82, 2.24) is 9.97 Å². The molecule has 102 valence electrons. The standard InChI is InChI=1S/C13H16ClN3S2/c1-8-6-9-10(16-12(14)17-11(9)19-8)15-7-13(18-2)4-3-5-13/h6H,3-5,7H2,1-2H3,(H,15,16,17). The Morgan fingerprint density at radius 3 is 2.89 bits per heavy atom. The average Bonchev–Trinajstić information content (AvgIpc) is 2.68. The van der Waals surface area contributed by atoms with Gasteiger partial charge in [0.05, 0.1) is 5.39 Å². The number of fused-ring (bicyclic) bond motifs is 1. The van der Waals surface area contributed by atoms with E-state index in [0.717, 1.165) is 22.6 Å². The number of nitrogens with zero attached hydrogens (tertiary/aromatic N) is 2. The molecule has 1 fully saturated rings. The average molecular weight is 314 g/mol. The quantitative estimate of drug-likeness (QED) is 0.852. The van der Waals surface area contributed by atoms with Gasteiger partial charge in [0.1, 0.15) is 10.6 Å². The van der Waals surface area contributed by atoms with Crippen LogP contribution in [0.15, 0.2) is 6.07 Å². The Hall–Kier alpha value is -0.520. The van der Waals surface area contributed by atoms with E-state index in [1.807, 2.05) is 11.8 Å². The molecule has 1 N–H and O–H groups in total. The van der Waals surface area contributed by atoms with Crippen LogP contribution in [-0.2, 0) is 0 Å². The van der Waals surface area contributed by atoms with Crippen molar-refractivity contribution in [1.29, 1.82) is 0 Å². The third-order valence-corrected chi connectivity index (χ3v) is 6.30. The number of hydrogen-bond donors (Lipinski definition) is 1. The summed E-state index contributed by atoms with van der Waals surface area (Å²) in [6.07, 6.45) is 6.09. The second-order valence-corrected chi connectivity index (χ2v) is 7.86. The second kappa shape index (κ2) is 5.11. The van der Waals surface area contributed by atoms with Crippen LogP contribution in [0.4, 0.5) is 5.82 Å². The van der Waals surface area contributed by atoms with Gasteiger partial charge < -0.3 is 5.32 Å². The molecule has 19 heavy (non-hydrogen) atoms. The van der Waals surface area contributed by atoms with E-state index in [1.54, 1.807) is 11.3 Å². The third-order valence-electron chi connectivity index (χ3n) is 3.76. The van der Waals surface area contributed by atoms with Gasteiger partial charge in [0, 0.05) is 16.2 Å². The van der Waals surface area contributed by atoms with Crippen LogP contribution in [0, 0.1) is 6.92 Å². The zero-order valence-electron chi connectivity index (χ0n) is 11.0. The highest BCUT2D eigenvalue weighted by Gasteiger charge is 2.36. The van der Waals surface area contributed by atoms with Gasteiger partial charge in [-0.05, 0) is 43.7 Å². The molecular formula is C13H16ClN3S2. The summed E-state index contributed by atoms with van der Waals surface area (Å²) in [5, 5.41) is 4.89. The lowest BCUT2D eigenvalue weighted by molar-refractivity contribution is 0.379. The van der Waals surface area contributed by atoms with Crippen LogP contribution in [0.2, 0.25) is 5.28 Å². The predicted molar refractivity (Wildman–Crippen MR) is 85.7 cm³/mol. The van der Waals surface area contributed by atoms with Crippen molar-refractivity contribution in [2.45, 2.75) is 30.9 Å². The predicted octanol–water partition coefficient (Wildman–Crippen LogP) is 4.35. The van der Waals surface area contributed by atoms with Gasteiger partial charge in [0.25, 0.3) is 0 Å². The molecule has 0 bridgehead atoms.